The summed E-state index contributed by atoms with van der Waals surface area (Å²) in [6.45, 7) is 8.09. The molecule has 0 bridgehead atoms. The maximum Gasteiger partial charge on any atom is 0.167 e. The third-order valence-electron chi connectivity index (χ3n) is 4.21. The van der Waals surface area contributed by atoms with Gasteiger partial charge in [-0.2, -0.15) is 0 Å². The van der Waals surface area contributed by atoms with Crippen molar-refractivity contribution < 1.29 is 4.39 Å². The van der Waals surface area contributed by atoms with Gasteiger partial charge in [-0.15, -0.1) is 0 Å². The van der Waals surface area contributed by atoms with E-state index in [0.29, 0.717) is 17.2 Å². The lowest BCUT2D eigenvalue weighted by Gasteiger charge is -2.15. The monoisotopic (exact) mass is 363 g/mol. The van der Waals surface area contributed by atoms with Gasteiger partial charge in [-0.3, -0.25) is 9.97 Å². The first-order chi connectivity index (χ1) is 13.0. The number of aryl methyl sites for hydroxylation is 3. The van der Waals surface area contributed by atoms with Crippen molar-refractivity contribution in [1.82, 2.24) is 19.9 Å². The van der Waals surface area contributed by atoms with Crippen molar-refractivity contribution in [2.75, 3.05) is 0 Å². The van der Waals surface area contributed by atoms with Crippen LogP contribution in [0.15, 0.2) is 60.5 Å². The SMILES string of the molecule is C=C(NC(=Nc1ccncc1F)c1c(CC)ccn1C)c1cccc(C)n1. The van der Waals surface area contributed by atoms with E-state index < -0.39 is 5.82 Å². The van der Waals surface area contributed by atoms with Crippen LogP contribution in [0.5, 0.6) is 0 Å². The Labute approximate surface area is 158 Å². The fourth-order valence-corrected chi connectivity index (χ4v) is 2.82. The molecule has 0 aliphatic carbocycles. The summed E-state index contributed by atoms with van der Waals surface area (Å²) in [6, 6.07) is 9.29. The summed E-state index contributed by atoms with van der Waals surface area (Å²) in [5, 5.41) is 3.24. The fraction of sp³-hybridized carbons (Fsp3) is 0.190. The van der Waals surface area contributed by atoms with E-state index in [2.05, 4.69) is 33.8 Å². The molecule has 0 amide bonds. The van der Waals surface area contributed by atoms with E-state index >= 15 is 0 Å². The number of halogens is 1. The van der Waals surface area contributed by atoms with Gasteiger partial charge in [-0.1, -0.05) is 19.6 Å². The Bertz CT molecular complexity index is 1000. The average Bonchev–Trinajstić information content (AvgIpc) is 3.03. The van der Waals surface area contributed by atoms with Crippen LogP contribution in [0.25, 0.3) is 5.70 Å². The van der Waals surface area contributed by atoms with E-state index in [0.717, 1.165) is 29.6 Å². The lowest BCUT2D eigenvalue weighted by molar-refractivity contribution is 0.623. The molecule has 0 saturated heterocycles. The van der Waals surface area contributed by atoms with Crippen LogP contribution in [0.3, 0.4) is 0 Å². The third-order valence-corrected chi connectivity index (χ3v) is 4.21. The first-order valence-corrected chi connectivity index (χ1v) is 8.72. The Morgan fingerprint density at radius 1 is 1.30 bits per heavy atom. The Balaban J connectivity index is 2.06. The first kappa shape index (κ1) is 18.5. The normalized spacial score (nSPS) is 11.5. The Kier molecular flexibility index (Phi) is 5.45. The molecule has 5 nitrogen and oxygen atoms in total. The highest BCUT2D eigenvalue weighted by Gasteiger charge is 2.16. The van der Waals surface area contributed by atoms with Crippen molar-refractivity contribution >= 4 is 17.2 Å². The van der Waals surface area contributed by atoms with E-state index in [1.807, 2.05) is 49.0 Å². The van der Waals surface area contributed by atoms with Gasteiger partial charge >= 0.3 is 0 Å². The maximum atomic E-state index is 14.1. The van der Waals surface area contributed by atoms with Crippen molar-refractivity contribution in [3.8, 4) is 0 Å². The molecule has 0 aliphatic heterocycles. The molecule has 138 valence electrons. The number of nitrogens with zero attached hydrogens (tertiary/aromatic N) is 4. The fourth-order valence-electron chi connectivity index (χ4n) is 2.82. The molecule has 0 aliphatic rings. The van der Waals surface area contributed by atoms with Gasteiger partial charge < -0.3 is 9.88 Å². The number of pyridine rings is 2. The second-order valence-corrected chi connectivity index (χ2v) is 6.21. The summed E-state index contributed by atoms with van der Waals surface area (Å²) in [4.78, 5) is 12.8. The van der Waals surface area contributed by atoms with E-state index in [-0.39, 0.29) is 5.69 Å². The minimum absolute atomic E-state index is 0.209. The van der Waals surface area contributed by atoms with E-state index in [1.165, 1.54) is 6.20 Å². The quantitative estimate of drug-likeness (QED) is 0.547. The van der Waals surface area contributed by atoms with Gasteiger partial charge in [0.05, 0.1) is 23.3 Å². The first-order valence-electron chi connectivity index (χ1n) is 8.72. The third kappa shape index (κ3) is 4.11. The van der Waals surface area contributed by atoms with Crippen molar-refractivity contribution in [3.63, 3.8) is 0 Å². The minimum atomic E-state index is -0.483. The average molecular weight is 363 g/mol. The molecule has 0 radical (unpaired) electrons. The standard InChI is InChI=1S/C21H22FN5/c1-5-16-10-12-27(4)20(16)21(26-19-9-11-23-13-17(19)22)25-15(3)18-8-6-7-14(2)24-18/h6-13H,3,5H2,1-2,4H3,(H,23,25,26). The van der Waals surface area contributed by atoms with Gasteiger partial charge in [0.25, 0.3) is 0 Å². The highest BCUT2D eigenvalue weighted by atomic mass is 19.1. The number of aliphatic imine (C=N–C) groups is 1. The topological polar surface area (TPSA) is 55.1 Å². The Morgan fingerprint density at radius 2 is 2.11 bits per heavy atom. The highest BCUT2D eigenvalue weighted by Crippen LogP contribution is 2.20. The molecular weight excluding hydrogens is 341 g/mol. The summed E-state index contributed by atoms with van der Waals surface area (Å²) >= 11 is 0. The number of rotatable bonds is 5. The maximum absolute atomic E-state index is 14.1. The molecule has 0 aromatic carbocycles. The van der Waals surface area contributed by atoms with Gasteiger partial charge in [0.2, 0.25) is 0 Å². The van der Waals surface area contributed by atoms with Crippen LogP contribution < -0.4 is 5.32 Å². The van der Waals surface area contributed by atoms with Crippen LogP contribution in [0.2, 0.25) is 0 Å². The zero-order chi connectivity index (χ0) is 19.4. The van der Waals surface area contributed by atoms with Gasteiger partial charge in [0.15, 0.2) is 11.7 Å². The van der Waals surface area contributed by atoms with Crippen LogP contribution in [-0.4, -0.2) is 20.4 Å². The van der Waals surface area contributed by atoms with Gasteiger partial charge in [0.1, 0.15) is 5.69 Å². The number of nitrogens with one attached hydrogen (secondary N) is 1. The molecule has 0 spiro atoms. The lowest BCUT2D eigenvalue weighted by atomic mass is 10.1. The molecule has 0 atom stereocenters. The summed E-state index contributed by atoms with van der Waals surface area (Å²) in [5.74, 6) is 0.0288. The molecule has 0 unspecified atom stereocenters. The largest absolute Gasteiger partial charge is 0.348 e. The smallest absolute Gasteiger partial charge is 0.167 e. The molecular formula is C21H22FN5. The summed E-state index contributed by atoms with van der Waals surface area (Å²) in [5.41, 5.74) is 4.38. The van der Waals surface area contributed by atoms with Crippen LogP contribution in [0.4, 0.5) is 10.1 Å². The number of amidine groups is 1. The predicted molar refractivity (Wildman–Crippen MR) is 106 cm³/mol. The van der Waals surface area contributed by atoms with Crippen LogP contribution in [-0.2, 0) is 13.5 Å². The van der Waals surface area contributed by atoms with Crippen molar-refractivity contribution in [2.24, 2.45) is 12.0 Å². The Morgan fingerprint density at radius 3 is 2.81 bits per heavy atom. The van der Waals surface area contributed by atoms with E-state index in [9.17, 15) is 4.39 Å². The molecule has 1 N–H and O–H groups in total. The Hall–Kier alpha value is -3.28. The number of hydrogen-bond donors (Lipinski definition) is 1. The van der Waals surface area contributed by atoms with E-state index in [1.54, 1.807) is 6.07 Å². The molecule has 0 fully saturated rings. The predicted octanol–water partition coefficient (Wildman–Crippen LogP) is 4.16. The number of hydrogen-bond acceptors (Lipinski definition) is 3. The van der Waals surface area contributed by atoms with Crippen molar-refractivity contribution in [1.29, 1.82) is 0 Å². The second-order valence-electron chi connectivity index (χ2n) is 6.21. The number of aromatic nitrogens is 3. The summed E-state index contributed by atoms with van der Waals surface area (Å²) < 4.78 is 16.1. The van der Waals surface area contributed by atoms with Crippen molar-refractivity contribution in [3.05, 3.63) is 84.0 Å². The lowest BCUT2D eigenvalue weighted by Crippen LogP contribution is -2.26. The molecule has 3 aromatic rings. The molecule has 3 aromatic heterocycles. The second kappa shape index (κ2) is 7.95. The van der Waals surface area contributed by atoms with E-state index in [4.69, 9.17) is 0 Å². The van der Waals surface area contributed by atoms with Crippen LogP contribution in [0, 0.1) is 12.7 Å². The van der Waals surface area contributed by atoms with Crippen LogP contribution in [0.1, 0.15) is 29.6 Å². The summed E-state index contributed by atoms with van der Waals surface area (Å²) in [7, 11) is 1.93. The van der Waals surface area contributed by atoms with Gasteiger partial charge in [0, 0.05) is 25.1 Å². The zero-order valence-corrected chi connectivity index (χ0v) is 15.7. The highest BCUT2D eigenvalue weighted by molar-refractivity contribution is 6.04. The molecule has 3 rings (SSSR count). The molecule has 0 saturated carbocycles. The summed E-state index contributed by atoms with van der Waals surface area (Å²) in [6.07, 6.45) is 5.45. The molecule has 6 heteroatoms. The van der Waals surface area contributed by atoms with Crippen LogP contribution >= 0.6 is 0 Å². The molecule has 27 heavy (non-hydrogen) atoms. The minimum Gasteiger partial charge on any atom is -0.348 e. The zero-order valence-electron chi connectivity index (χ0n) is 15.7. The van der Waals surface area contributed by atoms with Gasteiger partial charge in [-0.05, 0) is 43.2 Å². The van der Waals surface area contributed by atoms with Crippen molar-refractivity contribution in [2.45, 2.75) is 20.3 Å². The van der Waals surface area contributed by atoms with Gasteiger partial charge in [-0.25, -0.2) is 9.38 Å². The molecule has 3 heterocycles.